The summed E-state index contributed by atoms with van der Waals surface area (Å²) in [7, 11) is 0. The maximum Gasteiger partial charge on any atom is 0 e. The van der Waals surface area contributed by atoms with E-state index >= 15 is 0 Å². The molecule has 0 aromatic rings. The average Bonchev–Trinajstić information content (AvgIpc) is 1.00. The minimum absolute atomic E-state index is 0. The van der Waals surface area contributed by atoms with Crippen LogP contribution < -0.4 is 0 Å². The van der Waals surface area contributed by atoms with Gasteiger partial charge in [-0.15, -0.1) is 0 Å². The zero-order chi connectivity index (χ0) is 2.00. The van der Waals surface area contributed by atoms with E-state index in [1.54, 1.807) is 6.92 Å². The first-order chi connectivity index (χ1) is 1.00. The third kappa shape index (κ3) is 38.9. The Morgan fingerprint density at radius 3 is 0.500 bits per heavy atom. The second kappa shape index (κ2) is 49.5. The molecule has 0 aromatic heterocycles. The Balaban J connectivity index is -0.000000000333. The summed E-state index contributed by atoms with van der Waals surface area (Å²) in [6, 6.07) is 0. The molecule has 0 saturated carbocycles. The Hall–Kier alpha value is 6.62. The van der Waals surface area contributed by atoms with Crippen LogP contribution >= 0.6 is 0 Å². The first-order valence-electron chi connectivity index (χ1n) is 0.707. The second-order valence-electron chi connectivity index (χ2n) is 0. The molecule has 0 heterocycles. The average molecular weight is 562 g/mol. The molecule has 0 fully saturated rings. The van der Waals surface area contributed by atoms with E-state index in [-0.39, 0.29) is 196 Å². The fraction of sp³-hybridized carbons (Fsp3) is 0.500. The molecule has 6 heteroatoms. The van der Waals surface area contributed by atoms with Gasteiger partial charge in [-0.3, -0.25) is 0 Å². The van der Waals surface area contributed by atoms with Crippen molar-refractivity contribution in [3.8, 4) is 0 Å². The van der Waals surface area contributed by atoms with Crippen LogP contribution in [0, 0.1) is 6.92 Å². The van der Waals surface area contributed by atoms with Crippen molar-refractivity contribution < 1.29 is 196 Å². The van der Waals surface area contributed by atoms with E-state index in [9.17, 15) is 0 Å². The van der Waals surface area contributed by atoms with Crippen LogP contribution in [0.5, 0.6) is 0 Å². The van der Waals surface area contributed by atoms with E-state index in [0.717, 1.165) is 0 Å². The van der Waals surface area contributed by atoms with Crippen LogP contribution in [0.25, 0.3) is 0 Å². The summed E-state index contributed by atoms with van der Waals surface area (Å²) in [6.07, 6.45) is 0. The molecule has 0 aliphatic carbocycles. The Kier molecular flexibility index (Phi) is 289. The van der Waals surface area contributed by atoms with E-state index in [1.807, 2.05) is 0 Å². The minimum atomic E-state index is 0. The number of rotatable bonds is 0. The predicted octanol–water partition coefficient (Wildman–Crippen LogP) is 0.825. The molecule has 0 spiro atoms. The van der Waals surface area contributed by atoms with Gasteiger partial charge in [0.2, 0.25) is 0 Å². The topological polar surface area (TPSA) is 0 Å². The smallest absolute Gasteiger partial charge is 0 e. The van der Waals surface area contributed by atoms with Gasteiger partial charge in [-0.1, -0.05) is 0 Å². The Labute approximate surface area is 203 Å². The molecule has 0 amide bonds. The van der Waals surface area contributed by atoms with Crippen LogP contribution in [-0.4, -0.2) is 0 Å². The van der Waals surface area contributed by atoms with Crippen LogP contribution in [-0.2, 0) is 196 Å². The van der Waals surface area contributed by atoms with Crippen molar-refractivity contribution in [2.24, 2.45) is 0 Å². The normalized spacial score (nSPS) is 0.750. The van der Waals surface area contributed by atoms with Crippen molar-refractivity contribution in [1.82, 2.24) is 0 Å². The standard InChI is InChI=1S/C2H5.6Y/c1-2;;;;;;/h1H2,2H3;;;;;;/q-1;;;;;;. The third-order valence-electron chi connectivity index (χ3n) is 0. The van der Waals surface area contributed by atoms with Crippen molar-refractivity contribution in [2.45, 2.75) is 6.92 Å². The Morgan fingerprint density at radius 2 is 0.500 bits per heavy atom. The molecule has 32 valence electrons. The van der Waals surface area contributed by atoms with Crippen molar-refractivity contribution in [2.75, 3.05) is 0 Å². The molecule has 0 saturated heterocycles. The van der Waals surface area contributed by atoms with Crippen molar-refractivity contribution in [1.29, 1.82) is 0 Å². The molecule has 0 rings (SSSR count). The van der Waals surface area contributed by atoms with E-state index in [0.29, 0.717) is 0 Å². The van der Waals surface area contributed by atoms with Crippen molar-refractivity contribution >= 4 is 0 Å². The van der Waals surface area contributed by atoms with Crippen molar-refractivity contribution in [3.05, 3.63) is 6.92 Å². The summed E-state index contributed by atoms with van der Waals surface area (Å²) in [6.45, 7) is 5.00. The molecule has 6 radical (unpaired) electrons. The molecule has 8 heavy (non-hydrogen) atoms. The largest absolute Gasteiger partial charge is 0.346 e. The molecule has 0 atom stereocenters. The van der Waals surface area contributed by atoms with Gasteiger partial charge >= 0.3 is 0 Å². The maximum absolute atomic E-state index is 3.25. The summed E-state index contributed by atoms with van der Waals surface area (Å²) < 4.78 is 0. The van der Waals surface area contributed by atoms with Gasteiger partial charge in [0.15, 0.2) is 0 Å². The fourth-order valence-corrected chi connectivity index (χ4v) is 0. The van der Waals surface area contributed by atoms with Gasteiger partial charge in [-0.2, -0.15) is 6.92 Å². The van der Waals surface area contributed by atoms with E-state index in [2.05, 4.69) is 6.92 Å². The molecule has 0 bridgehead atoms. The molecule has 0 aliphatic heterocycles. The first-order valence-corrected chi connectivity index (χ1v) is 0.707. The first kappa shape index (κ1) is 46.7. The quantitative estimate of drug-likeness (QED) is 0.384. The summed E-state index contributed by atoms with van der Waals surface area (Å²) in [5.74, 6) is 0. The van der Waals surface area contributed by atoms with Gasteiger partial charge in [0.1, 0.15) is 0 Å². The summed E-state index contributed by atoms with van der Waals surface area (Å²) >= 11 is 0. The Bertz CT molecular complexity index is 6.49. The molecule has 0 aliphatic rings. The Morgan fingerprint density at radius 1 is 0.500 bits per heavy atom. The zero-order valence-corrected chi connectivity index (χ0v) is 22.2. The maximum atomic E-state index is 3.25. The summed E-state index contributed by atoms with van der Waals surface area (Å²) in [5, 5.41) is 0. The molecular formula is C2H5Y6-. The molecule has 0 unspecified atom stereocenters. The minimum Gasteiger partial charge on any atom is -0.346 e. The van der Waals surface area contributed by atoms with Crippen LogP contribution in [0.3, 0.4) is 0 Å². The van der Waals surface area contributed by atoms with E-state index < -0.39 is 0 Å². The van der Waals surface area contributed by atoms with Crippen LogP contribution in [0.4, 0.5) is 0 Å². The molecule has 0 aromatic carbocycles. The molecule has 0 N–H and O–H groups in total. The van der Waals surface area contributed by atoms with Crippen LogP contribution in [0.1, 0.15) is 6.92 Å². The second-order valence-corrected chi connectivity index (χ2v) is 0. The van der Waals surface area contributed by atoms with Gasteiger partial charge in [-0.25, -0.2) is 0 Å². The predicted molar refractivity (Wildman–Crippen MR) is 11.0 cm³/mol. The fourth-order valence-electron chi connectivity index (χ4n) is 0. The number of hydrogen-bond acceptors (Lipinski definition) is 0. The van der Waals surface area contributed by atoms with Gasteiger partial charge in [0.05, 0.1) is 0 Å². The van der Waals surface area contributed by atoms with Crippen molar-refractivity contribution in [3.63, 3.8) is 0 Å². The van der Waals surface area contributed by atoms with Gasteiger partial charge in [-0.05, 0) is 0 Å². The van der Waals surface area contributed by atoms with Gasteiger partial charge < -0.3 is 6.92 Å². The van der Waals surface area contributed by atoms with Crippen LogP contribution in [0.15, 0.2) is 0 Å². The SMILES string of the molecule is [CH2-]C.[Y].[Y].[Y].[Y].[Y].[Y]. The summed E-state index contributed by atoms with van der Waals surface area (Å²) in [4.78, 5) is 0. The van der Waals surface area contributed by atoms with Crippen LogP contribution in [0.2, 0.25) is 0 Å². The number of hydrogen-bond donors (Lipinski definition) is 0. The van der Waals surface area contributed by atoms with Gasteiger partial charge in [0.25, 0.3) is 0 Å². The van der Waals surface area contributed by atoms with E-state index in [4.69, 9.17) is 0 Å². The third-order valence-corrected chi connectivity index (χ3v) is 0. The van der Waals surface area contributed by atoms with Gasteiger partial charge in [0, 0.05) is 196 Å². The monoisotopic (exact) mass is 562 g/mol. The molecule has 0 nitrogen and oxygen atoms in total. The summed E-state index contributed by atoms with van der Waals surface area (Å²) in [5.41, 5.74) is 0. The zero-order valence-electron chi connectivity index (χ0n) is 5.17. The molecular weight excluding hydrogens is 557 g/mol. The van der Waals surface area contributed by atoms with E-state index in [1.165, 1.54) is 0 Å².